The van der Waals surface area contributed by atoms with Crippen LogP contribution in [0.3, 0.4) is 0 Å². The number of amides is 1. The summed E-state index contributed by atoms with van der Waals surface area (Å²) in [5.41, 5.74) is 3.18. The molecule has 3 aromatic rings. The molecule has 1 amide bonds. The van der Waals surface area contributed by atoms with E-state index in [1.54, 1.807) is 23.1 Å². The molecule has 5 rings (SSSR count). The zero-order chi connectivity index (χ0) is 25.8. The highest BCUT2D eigenvalue weighted by atomic mass is 32.2. The van der Waals surface area contributed by atoms with Gasteiger partial charge in [-0.3, -0.25) is 14.5 Å². The first-order chi connectivity index (χ1) is 18.1. The second kappa shape index (κ2) is 10.9. The van der Waals surface area contributed by atoms with Crippen molar-refractivity contribution in [3.8, 4) is 6.07 Å². The first-order valence-corrected chi connectivity index (χ1v) is 13.0. The number of halogens is 1. The summed E-state index contributed by atoms with van der Waals surface area (Å²) in [7, 11) is 0. The third-order valence-electron chi connectivity index (χ3n) is 6.50. The van der Waals surface area contributed by atoms with Crippen LogP contribution in [0, 0.1) is 17.1 Å². The quantitative estimate of drug-likeness (QED) is 0.419. The summed E-state index contributed by atoms with van der Waals surface area (Å²) < 4.78 is 14.9. The van der Waals surface area contributed by atoms with Gasteiger partial charge in [0.2, 0.25) is 5.91 Å². The van der Waals surface area contributed by atoms with Crippen LogP contribution in [-0.2, 0) is 9.59 Å². The predicted octanol–water partition coefficient (Wildman–Crippen LogP) is 6.35. The number of para-hydroxylation sites is 2. The summed E-state index contributed by atoms with van der Waals surface area (Å²) in [5, 5.41) is 13.9. The van der Waals surface area contributed by atoms with E-state index in [4.69, 9.17) is 0 Å². The van der Waals surface area contributed by atoms with Crippen LogP contribution >= 0.6 is 11.8 Å². The maximum atomic E-state index is 14.9. The van der Waals surface area contributed by atoms with Crippen LogP contribution in [0.5, 0.6) is 0 Å². The number of nitrogens with zero attached hydrogens (tertiary/aromatic N) is 2. The number of ketones is 1. The Kier molecular flexibility index (Phi) is 7.20. The molecule has 1 heterocycles. The summed E-state index contributed by atoms with van der Waals surface area (Å²) in [6.07, 6.45) is 1.68. The number of rotatable bonds is 6. The molecule has 1 aliphatic heterocycles. The Morgan fingerprint density at radius 2 is 1.59 bits per heavy atom. The lowest BCUT2D eigenvalue weighted by Gasteiger charge is -2.33. The van der Waals surface area contributed by atoms with Gasteiger partial charge < -0.3 is 5.32 Å². The summed E-state index contributed by atoms with van der Waals surface area (Å²) in [6, 6.07) is 27.2. The van der Waals surface area contributed by atoms with Gasteiger partial charge in [-0.2, -0.15) is 5.26 Å². The molecule has 0 aromatic heterocycles. The minimum Gasteiger partial charge on any atom is -0.352 e. The topological polar surface area (TPSA) is 73.2 Å². The van der Waals surface area contributed by atoms with E-state index in [2.05, 4.69) is 11.4 Å². The van der Waals surface area contributed by atoms with Crippen molar-refractivity contribution in [2.75, 3.05) is 10.7 Å². The molecular weight excluding hydrogens is 485 g/mol. The molecule has 0 fully saturated rings. The van der Waals surface area contributed by atoms with E-state index in [-0.39, 0.29) is 23.0 Å². The highest BCUT2D eigenvalue weighted by molar-refractivity contribution is 8.03. The Morgan fingerprint density at radius 3 is 2.22 bits per heavy atom. The maximum Gasteiger partial charge on any atom is 0.241 e. The Hall–Kier alpha value is -4.15. The average Bonchev–Trinajstić information content (AvgIpc) is 2.93. The van der Waals surface area contributed by atoms with Crippen molar-refractivity contribution in [1.82, 2.24) is 5.32 Å². The van der Waals surface area contributed by atoms with Crippen molar-refractivity contribution in [2.24, 2.45) is 0 Å². The number of nitriles is 1. The predicted molar refractivity (Wildman–Crippen MR) is 143 cm³/mol. The first-order valence-electron chi connectivity index (χ1n) is 12.1. The lowest BCUT2D eigenvalue weighted by molar-refractivity contribution is -0.116. The first kappa shape index (κ1) is 24.5. The number of nitrogens with one attached hydrogen (secondary N) is 1. The van der Waals surface area contributed by atoms with Crippen molar-refractivity contribution in [3.05, 3.63) is 118 Å². The molecule has 1 atom stereocenters. The van der Waals surface area contributed by atoms with Gasteiger partial charge in [0, 0.05) is 34.6 Å². The number of benzene rings is 3. The third-order valence-corrected chi connectivity index (χ3v) is 7.50. The zero-order valence-corrected chi connectivity index (χ0v) is 20.8. The van der Waals surface area contributed by atoms with Crippen molar-refractivity contribution in [2.45, 2.75) is 25.2 Å². The van der Waals surface area contributed by atoms with E-state index in [0.717, 1.165) is 11.4 Å². The Balaban J connectivity index is 1.49. The monoisotopic (exact) mass is 509 g/mol. The summed E-state index contributed by atoms with van der Waals surface area (Å²) in [6.45, 7) is 0. The van der Waals surface area contributed by atoms with E-state index in [9.17, 15) is 19.2 Å². The normalized spacial score (nSPS) is 17.1. The summed E-state index contributed by atoms with van der Waals surface area (Å²) in [5.74, 6) is -1.47. The summed E-state index contributed by atoms with van der Waals surface area (Å²) >= 11 is 1.20. The molecule has 3 aromatic carbocycles. The lowest BCUT2D eigenvalue weighted by Crippen LogP contribution is -2.33. The third kappa shape index (κ3) is 4.93. The fourth-order valence-electron chi connectivity index (χ4n) is 4.85. The minimum absolute atomic E-state index is 0.0395. The largest absolute Gasteiger partial charge is 0.352 e. The molecule has 37 heavy (non-hydrogen) atoms. The zero-order valence-electron chi connectivity index (χ0n) is 20.0. The Morgan fingerprint density at radius 1 is 0.973 bits per heavy atom. The van der Waals surface area contributed by atoms with Crippen molar-refractivity contribution in [3.63, 3.8) is 0 Å². The summed E-state index contributed by atoms with van der Waals surface area (Å²) in [4.78, 5) is 28.2. The van der Waals surface area contributed by atoms with Gasteiger partial charge >= 0.3 is 0 Å². The molecule has 1 aliphatic carbocycles. The number of hydrogen-bond acceptors (Lipinski definition) is 5. The van der Waals surface area contributed by atoms with E-state index in [1.165, 1.54) is 17.8 Å². The number of hydrogen-bond donors (Lipinski definition) is 1. The van der Waals surface area contributed by atoms with Crippen LogP contribution in [0.15, 0.2) is 107 Å². The van der Waals surface area contributed by atoms with Gasteiger partial charge in [-0.15, -0.1) is 0 Å². The molecule has 7 heteroatoms. The molecule has 184 valence electrons. The molecule has 0 unspecified atom stereocenters. The second-order valence-electron chi connectivity index (χ2n) is 8.79. The van der Waals surface area contributed by atoms with Gasteiger partial charge in [0.05, 0.1) is 28.3 Å². The SMILES string of the molecule is N#CC1=C(SCC(=O)N(c2ccccc2)c2ccccc2)NC2=C(C(=O)CCC2)[C@H]1c1ccccc1F. The molecule has 0 bridgehead atoms. The second-order valence-corrected chi connectivity index (χ2v) is 9.78. The van der Waals surface area contributed by atoms with Gasteiger partial charge in [0.15, 0.2) is 5.78 Å². The van der Waals surface area contributed by atoms with E-state index < -0.39 is 11.7 Å². The lowest BCUT2D eigenvalue weighted by atomic mass is 9.76. The fourth-order valence-corrected chi connectivity index (χ4v) is 5.76. The maximum absolute atomic E-state index is 14.9. The number of carbonyl (C=O) groups excluding carboxylic acids is 2. The van der Waals surface area contributed by atoms with Crippen LogP contribution in [0.25, 0.3) is 0 Å². The highest BCUT2D eigenvalue weighted by Gasteiger charge is 2.38. The minimum atomic E-state index is -0.799. The van der Waals surface area contributed by atoms with Gasteiger partial charge in [0.25, 0.3) is 0 Å². The molecule has 0 spiro atoms. The smallest absolute Gasteiger partial charge is 0.241 e. The van der Waals surface area contributed by atoms with Crippen LogP contribution in [0.1, 0.15) is 30.7 Å². The molecule has 2 aliphatic rings. The van der Waals surface area contributed by atoms with Crippen LogP contribution in [0.2, 0.25) is 0 Å². The average molecular weight is 510 g/mol. The number of anilines is 2. The number of Topliss-reactive ketones (excluding diaryl/α,β-unsaturated/α-hetero) is 1. The van der Waals surface area contributed by atoms with Crippen LogP contribution in [0.4, 0.5) is 15.8 Å². The number of allylic oxidation sites excluding steroid dienone is 3. The standard InChI is InChI=1S/C30H24FN3O2S/c31-24-15-8-7-14-22(24)28-23(18-32)30(33-25-16-9-17-26(35)29(25)28)37-19-27(36)34(20-10-3-1-4-11-20)21-12-5-2-6-13-21/h1-8,10-15,28,33H,9,16-17,19H2/t28-/m0/s1. The number of thioether (sulfide) groups is 1. The molecule has 0 radical (unpaired) electrons. The van der Waals surface area contributed by atoms with Crippen molar-refractivity contribution >= 4 is 34.8 Å². The van der Waals surface area contributed by atoms with Gasteiger partial charge in [-0.25, -0.2) is 4.39 Å². The molecular formula is C30H24FN3O2S. The van der Waals surface area contributed by atoms with E-state index in [0.29, 0.717) is 41.1 Å². The van der Waals surface area contributed by atoms with E-state index in [1.807, 2.05) is 60.7 Å². The van der Waals surface area contributed by atoms with Crippen LogP contribution < -0.4 is 10.2 Å². The van der Waals surface area contributed by atoms with E-state index >= 15 is 0 Å². The molecule has 0 saturated heterocycles. The Bertz CT molecular complexity index is 1400. The number of dihydropyridines is 1. The fraction of sp³-hybridized carbons (Fsp3) is 0.167. The molecule has 5 nitrogen and oxygen atoms in total. The van der Waals surface area contributed by atoms with Crippen molar-refractivity contribution < 1.29 is 14.0 Å². The molecule has 0 saturated carbocycles. The Labute approximate surface area is 219 Å². The van der Waals surface area contributed by atoms with Crippen LogP contribution in [-0.4, -0.2) is 17.4 Å². The van der Waals surface area contributed by atoms with Gasteiger partial charge in [-0.05, 0) is 43.2 Å². The highest BCUT2D eigenvalue weighted by Crippen LogP contribution is 2.44. The van der Waals surface area contributed by atoms with Gasteiger partial charge in [0.1, 0.15) is 5.82 Å². The number of carbonyl (C=O) groups is 2. The van der Waals surface area contributed by atoms with Crippen molar-refractivity contribution in [1.29, 1.82) is 5.26 Å². The van der Waals surface area contributed by atoms with Gasteiger partial charge in [-0.1, -0.05) is 66.4 Å². The molecule has 1 N–H and O–H groups in total.